The first-order valence-corrected chi connectivity index (χ1v) is 10.1. The number of thioether (sulfide) groups is 1. The fourth-order valence-corrected chi connectivity index (χ4v) is 3.76. The number of benzene rings is 1. The van der Waals surface area contributed by atoms with Crippen LogP contribution >= 0.6 is 11.8 Å². The summed E-state index contributed by atoms with van der Waals surface area (Å²) in [6.45, 7) is 5.21. The van der Waals surface area contributed by atoms with E-state index in [-0.39, 0.29) is 24.3 Å². The van der Waals surface area contributed by atoms with Crippen molar-refractivity contribution in [2.75, 3.05) is 12.4 Å². The molecule has 28 heavy (non-hydrogen) atoms. The summed E-state index contributed by atoms with van der Waals surface area (Å²) in [7, 11) is 0. The van der Waals surface area contributed by atoms with Crippen LogP contribution in [0.1, 0.15) is 44.0 Å². The van der Waals surface area contributed by atoms with E-state index in [2.05, 4.69) is 16.0 Å². The average molecular weight is 407 g/mol. The van der Waals surface area contributed by atoms with Gasteiger partial charge in [-0.2, -0.15) is 0 Å². The minimum Gasteiger partial charge on any atom is -0.452 e. The molecule has 0 bridgehead atoms. The Morgan fingerprint density at radius 1 is 1.21 bits per heavy atom. The van der Waals surface area contributed by atoms with Crippen molar-refractivity contribution in [3.63, 3.8) is 0 Å². The van der Waals surface area contributed by atoms with Crippen molar-refractivity contribution < 1.29 is 23.9 Å². The van der Waals surface area contributed by atoms with Gasteiger partial charge in [0.15, 0.2) is 6.61 Å². The lowest BCUT2D eigenvalue weighted by atomic mass is 10.1. The van der Waals surface area contributed by atoms with E-state index in [0.717, 1.165) is 12.8 Å². The summed E-state index contributed by atoms with van der Waals surface area (Å²) >= 11 is 1.25. The van der Waals surface area contributed by atoms with E-state index >= 15 is 0 Å². The van der Waals surface area contributed by atoms with E-state index < -0.39 is 23.4 Å². The van der Waals surface area contributed by atoms with Crippen molar-refractivity contribution in [2.45, 2.75) is 50.1 Å². The van der Waals surface area contributed by atoms with Crippen molar-refractivity contribution in [1.82, 2.24) is 16.0 Å². The molecule has 1 aliphatic heterocycles. The molecule has 8 nitrogen and oxygen atoms in total. The first kappa shape index (κ1) is 21.7. The topological polar surface area (TPSA) is 114 Å². The molecule has 1 aromatic carbocycles. The van der Waals surface area contributed by atoms with Crippen LogP contribution in [0.3, 0.4) is 0 Å². The molecule has 2 rings (SSSR count). The number of rotatable bonds is 9. The number of hydrogen-bond donors (Lipinski definition) is 3. The predicted molar refractivity (Wildman–Crippen MR) is 105 cm³/mol. The van der Waals surface area contributed by atoms with Crippen molar-refractivity contribution in [1.29, 1.82) is 0 Å². The second kappa shape index (κ2) is 9.59. The number of ether oxygens (including phenoxy) is 1. The van der Waals surface area contributed by atoms with E-state index in [0.29, 0.717) is 10.5 Å². The standard InChI is InChI=1S/C19H25N3O5S/c1-4-12(5-2)20-15(23)10-27-16(24)13-8-6-7-9-14(13)28-11-19(3)17(25)21-18(26)22-19/h6-9,12H,4-5,10-11H2,1-3H3,(H,20,23)(H2,21,22,25,26)/t19-/m1/s1. The summed E-state index contributed by atoms with van der Waals surface area (Å²) in [5.74, 6) is -1.13. The first-order valence-electron chi connectivity index (χ1n) is 9.11. The van der Waals surface area contributed by atoms with Crippen LogP contribution in [0.5, 0.6) is 0 Å². The van der Waals surface area contributed by atoms with Gasteiger partial charge >= 0.3 is 12.0 Å². The molecule has 0 aromatic heterocycles. The molecule has 1 aliphatic rings. The summed E-state index contributed by atoms with van der Waals surface area (Å²) in [6, 6.07) is 6.29. The highest BCUT2D eigenvalue weighted by Crippen LogP contribution is 2.28. The maximum Gasteiger partial charge on any atom is 0.339 e. The van der Waals surface area contributed by atoms with Gasteiger partial charge in [0.1, 0.15) is 5.54 Å². The van der Waals surface area contributed by atoms with Crippen LogP contribution in [0.15, 0.2) is 29.2 Å². The van der Waals surface area contributed by atoms with Gasteiger partial charge in [-0.1, -0.05) is 26.0 Å². The molecule has 0 spiro atoms. The Bertz CT molecular complexity index is 766. The van der Waals surface area contributed by atoms with Crippen molar-refractivity contribution in [3.05, 3.63) is 29.8 Å². The lowest BCUT2D eigenvalue weighted by Gasteiger charge is -2.20. The Kier molecular flexibility index (Phi) is 7.45. The molecule has 1 aromatic rings. The number of imide groups is 1. The summed E-state index contributed by atoms with van der Waals surface area (Å²) < 4.78 is 5.14. The molecule has 0 radical (unpaired) electrons. The third-order valence-corrected chi connectivity index (χ3v) is 5.81. The van der Waals surface area contributed by atoms with Crippen molar-refractivity contribution in [3.8, 4) is 0 Å². The van der Waals surface area contributed by atoms with Gasteiger partial charge in [-0.3, -0.25) is 14.9 Å². The third kappa shape index (κ3) is 5.48. The van der Waals surface area contributed by atoms with Crippen LogP contribution in [-0.2, 0) is 14.3 Å². The zero-order valence-electron chi connectivity index (χ0n) is 16.2. The van der Waals surface area contributed by atoms with Gasteiger partial charge in [-0.05, 0) is 31.9 Å². The first-order chi connectivity index (χ1) is 13.3. The van der Waals surface area contributed by atoms with E-state index in [1.165, 1.54) is 11.8 Å². The summed E-state index contributed by atoms with van der Waals surface area (Å²) in [5.41, 5.74) is -0.760. The highest BCUT2D eigenvalue weighted by molar-refractivity contribution is 7.99. The number of esters is 1. The van der Waals surface area contributed by atoms with E-state index in [4.69, 9.17) is 4.74 Å². The molecule has 1 fully saturated rings. The van der Waals surface area contributed by atoms with Crippen LogP contribution in [0.4, 0.5) is 4.79 Å². The molecule has 1 saturated heterocycles. The Hall–Kier alpha value is -2.55. The zero-order chi connectivity index (χ0) is 20.7. The van der Waals surface area contributed by atoms with E-state index in [1.807, 2.05) is 13.8 Å². The van der Waals surface area contributed by atoms with Crippen LogP contribution in [0, 0.1) is 0 Å². The number of hydrogen-bond acceptors (Lipinski definition) is 6. The Morgan fingerprint density at radius 2 is 1.89 bits per heavy atom. The van der Waals surface area contributed by atoms with Gasteiger partial charge in [0.25, 0.3) is 11.8 Å². The quantitative estimate of drug-likeness (QED) is 0.327. The zero-order valence-corrected chi connectivity index (χ0v) is 17.0. The van der Waals surface area contributed by atoms with Crippen LogP contribution < -0.4 is 16.0 Å². The monoisotopic (exact) mass is 407 g/mol. The molecule has 4 amide bonds. The fraction of sp³-hybridized carbons (Fsp3) is 0.474. The van der Waals surface area contributed by atoms with Gasteiger partial charge in [0.2, 0.25) is 0 Å². The summed E-state index contributed by atoms with van der Waals surface area (Å²) in [5, 5.41) is 7.59. The van der Waals surface area contributed by atoms with E-state index in [9.17, 15) is 19.2 Å². The molecular formula is C19H25N3O5S. The molecule has 0 unspecified atom stereocenters. The largest absolute Gasteiger partial charge is 0.452 e. The molecule has 1 atom stereocenters. The molecule has 0 saturated carbocycles. The average Bonchev–Trinajstić information content (AvgIpc) is 2.94. The highest BCUT2D eigenvalue weighted by Gasteiger charge is 2.41. The second-order valence-electron chi connectivity index (χ2n) is 6.68. The maximum atomic E-state index is 12.4. The van der Waals surface area contributed by atoms with Gasteiger partial charge in [-0.25, -0.2) is 9.59 Å². The van der Waals surface area contributed by atoms with Crippen molar-refractivity contribution >= 4 is 35.6 Å². The number of nitrogens with one attached hydrogen (secondary N) is 3. The smallest absolute Gasteiger partial charge is 0.339 e. The summed E-state index contributed by atoms with van der Waals surface area (Å²) in [6.07, 6.45) is 1.61. The van der Waals surface area contributed by atoms with Gasteiger partial charge in [0, 0.05) is 16.7 Å². The van der Waals surface area contributed by atoms with Crippen LogP contribution in [0.25, 0.3) is 0 Å². The minimum atomic E-state index is -1.06. The van der Waals surface area contributed by atoms with Gasteiger partial charge < -0.3 is 15.4 Å². The molecule has 0 aliphatic carbocycles. The predicted octanol–water partition coefficient (Wildman–Crippen LogP) is 1.84. The Morgan fingerprint density at radius 3 is 2.50 bits per heavy atom. The van der Waals surface area contributed by atoms with Crippen LogP contribution in [0.2, 0.25) is 0 Å². The molecule has 3 N–H and O–H groups in total. The minimum absolute atomic E-state index is 0.0579. The molecule has 152 valence electrons. The van der Waals surface area contributed by atoms with Gasteiger partial charge in [-0.15, -0.1) is 11.8 Å². The SMILES string of the molecule is CCC(CC)NC(=O)COC(=O)c1ccccc1SC[C@@]1(C)NC(=O)NC1=O. The Labute approximate surface area is 168 Å². The summed E-state index contributed by atoms with van der Waals surface area (Å²) in [4.78, 5) is 48.2. The molecule has 9 heteroatoms. The third-order valence-electron chi connectivity index (χ3n) is 4.43. The van der Waals surface area contributed by atoms with E-state index in [1.54, 1.807) is 31.2 Å². The highest BCUT2D eigenvalue weighted by atomic mass is 32.2. The maximum absolute atomic E-state index is 12.4. The molecule has 1 heterocycles. The lowest BCUT2D eigenvalue weighted by molar-refractivity contribution is -0.125. The normalized spacial score (nSPS) is 18.6. The number of urea groups is 1. The van der Waals surface area contributed by atoms with Gasteiger partial charge in [0.05, 0.1) is 5.56 Å². The fourth-order valence-electron chi connectivity index (χ4n) is 2.64. The number of carbonyl (C=O) groups is 4. The Balaban J connectivity index is 1.97. The lowest BCUT2D eigenvalue weighted by Crippen LogP contribution is -2.46. The van der Waals surface area contributed by atoms with Crippen LogP contribution in [-0.4, -0.2) is 47.8 Å². The van der Waals surface area contributed by atoms with Crippen molar-refractivity contribution in [2.24, 2.45) is 0 Å². The second-order valence-corrected chi connectivity index (χ2v) is 7.70. The molecular weight excluding hydrogens is 382 g/mol. The number of amides is 4. The number of carbonyl (C=O) groups excluding carboxylic acids is 4.